The number of anilines is 1. The molecule has 0 saturated carbocycles. The zero-order chi connectivity index (χ0) is 24.5. The molecular formula is C28H29N3O3. The smallest absolute Gasteiger partial charge is 0.223 e. The lowest BCUT2D eigenvalue weighted by atomic mass is 9.81. The molecule has 0 aromatic heterocycles. The van der Waals surface area contributed by atoms with Crippen molar-refractivity contribution in [3.8, 4) is 17.2 Å². The van der Waals surface area contributed by atoms with E-state index in [9.17, 15) is 10.2 Å². The molecule has 0 amide bonds. The molecule has 0 fully saturated rings. The lowest BCUT2D eigenvalue weighted by Crippen LogP contribution is -2.39. The molecular weight excluding hydrogens is 426 g/mol. The molecule has 4 rings (SSSR count). The van der Waals surface area contributed by atoms with Crippen LogP contribution in [-0.4, -0.2) is 29.0 Å². The van der Waals surface area contributed by atoms with E-state index >= 15 is 0 Å². The largest absolute Gasteiger partial charge is 0.508 e. The molecule has 3 N–H and O–H groups in total. The zero-order valence-corrected chi connectivity index (χ0v) is 19.6. The predicted molar refractivity (Wildman–Crippen MR) is 137 cm³/mol. The van der Waals surface area contributed by atoms with Crippen LogP contribution in [0, 0.1) is 5.41 Å². The first-order chi connectivity index (χ1) is 16.2. The second-order valence-electron chi connectivity index (χ2n) is 8.89. The van der Waals surface area contributed by atoms with Crippen molar-refractivity contribution in [3.63, 3.8) is 0 Å². The number of phenols is 2. The topological polar surface area (TPSA) is 89.1 Å². The average Bonchev–Trinajstić information content (AvgIpc) is 2.84. The number of guanidine groups is 1. The Kier molecular flexibility index (Phi) is 6.16. The number of para-hydroxylation sites is 1. The summed E-state index contributed by atoms with van der Waals surface area (Å²) in [5.41, 5.74) is 3.51. The Bertz CT molecular complexity index is 1250. The van der Waals surface area contributed by atoms with E-state index in [0.29, 0.717) is 12.2 Å². The van der Waals surface area contributed by atoms with Crippen molar-refractivity contribution in [1.29, 1.82) is 5.41 Å². The number of methoxy groups -OCH3 is 1. The number of aromatic hydroxyl groups is 2. The fourth-order valence-corrected chi connectivity index (χ4v) is 4.27. The van der Waals surface area contributed by atoms with Crippen LogP contribution in [0.15, 0.2) is 84.4 Å². The third-order valence-electron chi connectivity index (χ3n) is 6.31. The Morgan fingerprint density at radius 1 is 1.09 bits per heavy atom. The summed E-state index contributed by atoms with van der Waals surface area (Å²) in [5, 5.41) is 29.3. The van der Waals surface area contributed by atoms with Crippen molar-refractivity contribution in [2.24, 2.45) is 4.99 Å². The monoisotopic (exact) mass is 455 g/mol. The second kappa shape index (κ2) is 9.06. The number of ether oxygens (including phenoxy) is 1. The molecule has 0 bridgehead atoms. The van der Waals surface area contributed by atoms with Crippen molar-refractivity contribution in [2.75, 3.05) is 12.0 Å². The minimum Gasteiger partial charge on any atom is -0.508 e. The SMILES string of the molecule is C=CC(C)(C)c1cc(C2CC(c3ccc(O)cc3)=NC(=N)N2c2ccccc2)c(OC)cc1O. The van der Waals surface area contributed by atoms with Crippen LogP contribution < -0.4 is 9.64 Å². The molecule has 34 heavy (non-hydrogen) atoms. The molecule has 3 aromatic rings. The molecule has 1 atom stereocenters. The number of phenolic OH excluding ortho intramolecular Hbond substituents is 2. The van der Waals surface area contributed by atoms with Gasteiger partial charge in [-0.15, -0.1) is 6.58 Å². The minimum absolute atomic E-state index is 0.102. The Balaban J connectivity index is 1.91. The summed E-state index contributed by atoms with van der Waals surface area (Å²) in [6.07, 6.45) is 2.30. The van der Waals surface area contributed by atoms with Gasteiger partial charge in [-0.05, 0) is 48.0 Å². The number of benzene rings is 3. The van der Waals surface area contributed by atoms with Crippen molar-refractivity contribution in [1.82, 2.24) is 0 Å². The first kappa shape index (κ1) is 23.1. The summed E-state index contributed by atoms with van der Waals surface area (Å²) in [5.74, 6) is 0.946. The first-order valence-electron chi connectivity index (χ1n) is 11.1. The molecule has 0 aliphatic carbocycles. The lowest BCUT2D eigenvalue weighted by molar-refractivity contribution is 0.395. The maximum atomic E-state index is 10.8. The third kappa shape index (κ3) is 4.27. The molecule has 1 aliphatic rings. The van der Waals surface area contributed by atoms with Crippen LogP contribution in [0.1, 0.15) is 43.0 Å². The summed E-state index contributed by atoms with van der Waals surface area (Å²) in [6.45, 7) is 7.93. The minimum atomic E-state index is -0.473. The van der Waals surface area contributed by atoms with Gasteiger partial charge in [0.05, 0.1) is 18.9 Å². The van der Waals surface area contributed by atoms with Crippen LogP contribution in [0.2, 0.25) is 0 Å². The van der Waals surface area contributed by atoms with Crippen molar-refractivity contribution in [3.05, 3.63) is 96.1 Å². The number of nitrogens with zero attached hydrogens (tertiary/aromatic N) is 2. The van der Waals surface area contributed by atoms with Crippen molar-refractivity contribution >= 4 is 17.4 Å². The first-order valence-corrected chi connectivity index (χ1v) is 11.1. The Hall–Kier alpha value is -4.06. The number of hydrogen-bond donors (Lipinski definition) is 3. The Labute approximate surface area is 200 Å². The maximum Gasteiger partial charge on any atom is 0.223 e. The lowest BCUT2D eigenvalue weighted by Gasteiger charge is -2.37. The van der Waals surface area contributed by atoms with Gasteiger partial charge >= 0.3 is 0 Å². The number of hydrogen-bond acceptors (Lipinski definition) is 4. The van der Waals surface area contributed by atoms with Gasteiger partial charge in [0.1, 0.15) is 17.2 Å². The highest BCUT2D eigenvalue weighted by Gasteiger charge is 2.34. The fraction of sp³-hybridized carbons (Fsp3) is 0.214. The summed E-state index contributed by atoms with van der Waals surface area (Å²) >= 11 is 0. The average molecular weight is 456 g/mol. The van der Waals surface area contributed by atoms with Gasteiger partial charge in [0.15, 0.2) is 0 Å². The van der Waals surface area contributed by atoms with Crippen LogP contribution in [0.4, 0.5) is 5.69 Å². The van der Waals surface area contributed by atoms with E-state index in [1.165, 1.54) is 0 Å². The Morgan fingerprint density at radius 2 is 1.76 bits per heavy atom. The predicted octanol–water partition coefficient (Wildman–Crippen LogP) is 5.95. The van der Waals surface area contributed by atoms with Crippen molar-refractivity contribution in [2.45, 2.75) is 31.7 Å². The normalized spacial score (nSPS) is 16.2. The van der Waals surface area contributed by atoms with Gasteiger partial charge in [0, 0.05) is 34.7 Å². The van der Waals surface area contributed by atoms with Crippen LogP contribution in [0.3, 0.4) is 0 Å². The van der Waals surface area contributed by atoms with Crippen LogP contribution in [0.5, 0.6) is 17.2 Å². The zero-order valence-electron chi connectivity index (χ0n) is 19.6. The number of rotatable bonds is 6. The molecule has 0 spiro atoms. The van der Waals surface area contributed by atoms with Crippen LogP contribution in [0.25, 0.3) is 0 Å². The fourth-order valence-electron chi connectivity index (χ4n) is 4.27. The molecule has 0 radical (unpaired) electrons. The standard InChI is InChI=1S/C28H29N3O3/c1-5-28(2,3)22-15-21(26(34-4)17-25(22)33)24-16-23(18-11-13-20(32)14-12-18)30-27(29)31(24)19-9-7-6-8-10-19/h5-15,17,24,29,32-33H,1,16H2,2-4H3. The van der Waals surface area contributed by atoms with Gasteiger partial charge in [0.25, 0.3) is 0 Å². The summed E-state index contributed by atoms with van der Waals surface area (Å²) in [7, 11) is 1.58. The molecule has 1 heterocycles. The van der Waals surface area contributed by atoms with E-state index in [-0.39, 0.29) is 23.5 Å². The molecule has 1 aliphatic heterocycles. The molecule has 6 heteroatoms. The van der Waals surface area contributed by atoms with E-state index in [1.807, 2.05) is 55.1 Å². The number of nitrogens with one attached hydrogen (secondary N) is 1. The highest BCUT2D eigenvalue weighted by atomic mass is 16.5. The van der Waals surface area contributed by atoms with Gasteiger partial charge in [-0.1, -0.05) is 38.1 Å². The van der Waals surface area contributed by atoms with E-state index in [0.717, 1.165) is 28.1 Å². The second-order valence-corrected chi connectivity index (χ2v) is 8.89. The van der Waals surface area contributed by atoms with E-state index in [2.05, 4.69) is 11.6 Å². The van der Waals surface area contributed by atoms with Gasteiger partial charge < -0.3 is 19.8 Å². The maximum absolute atomic E-state index is 10.8. The molecule has 1 unspecified atom stereocenters. The summed E-state index contributed by atoms with van der Waals surface area (Å²) in [4.78, 5) is 6.49. The van der Waals surface area contributed by atoms with E-state index in [4.69, 9.17) is 10.1 Å². The quantitative estimate of drug-likeness (QED) is 0.401. The molecule has 6 nitrogen and oxygen atoms in total. The highest BCUT2D eigenvalue weighted by Crippen LogP contribution is 2.44. The van der Waals surface area contributed by atoms with E-state index < -0.39 is 5.41 Å². The molecule has 3 aromatic carbocycles. The van der Waals surface area contributed by atoms with Gasteiger partial charge in [-0.2, -0.15) is 0 Å². The highest BCUT2D eigenvalue weighted by molar-refractivity contribution is 6.13. The summed E-state index contributed by atoms with van der Waals surface area (Å²) in [6, 6.07) is 19.8. The van der Waals surface area contributed by atoms with E-state index in [1.54, 1.807) is 43.5 Å². The van der Waals surface area contributed by atoms with Crippen LogP contribution in [-0.2, 0) is 5.41 Å². The Morgan fingerprint density at radius 3 is 2.38 bits per heavy atom. The van der Waals surface area contributed by atoms with Crippen molar-refractivity contribution < 1.29 is 14.9 Å². The molecule has 0 saturated heterocycles. The summed E-state index contributed by atoms with van der Waals surface area (Å²) < 4.78 is 5.70. The van der Waals surface area contributed by atoms with Gasteiger partial charge in [-0.3, -0.25) is 5.41 Å². The number of aliphatic imine (C=N–C) groups is 1. The van der Waals surface area contributed by atoms with Crippen LogP contribution >= 0.6 is 0 Å². The third-order valence-corrected chi connectivity index (χ3v) is 6.31. The van der Waals surface area contributed by atoms with Gasteiger partial charge in [0.2, 0.25) is 5.96 Å². The van der Waals surface area contributed by atoms with Gasteiger partial charge in [-0.25, -0.2) is 4.99 Å². The number of allylic oxidation sites excluding steroid dienone is 1. The molecule has 174 valence electrons.